The lowest BCUT2D eigenvalue weighted by Gasteiger charge is -2.36. The highest BCUT2D eigenvalue weighted by molar-refractivity contribution is 8.26. The van der Waals surface area contributed by atoms with Crippen molar-refractivity contribution in [2.24, 2.45) is 0 Å². The van der Waals surface area contributed by atoms with Crippen LogP contribution < -0.4 is 10.5 Å². The molecule has 2 unspecified atom stereocenters. The minimum absolute atomic E-state index is 0.00317. The summed E-state index contributed by atoms with van der Waals surface area (Å²) in [6, 6.07) is 5.42. The van der Waals surface area contributed by atoms with E-state index in [1.54, 1.807) is 30.5 Å². The molecule has 2 aromatic heterocycles. The van der Waals surface area contributed by atoms with E-state index in [4.69, 9.17) is 21.9 Å². The Bertz CT molecular complexity index is 1120. The lowest BCUT2D eigenvalue weighted by atomic mass is 10.2. The van der Waals surface area contributed by atoms with E-state index in [0.717, 1.165) is 0 Å². The molecule has 4 rings (SSSR count). The van der Waals surface area contributed by atoms with E-state index in [0.29, 0.717) is 45.9 Å². The van der Waals surface area contributed by atoms with E-state index >= 15 is 0 Å². The molecule has 2 aliphatic rings. The molecule has 30 heavy (non-hydrogen) atoms. The van der Waals surface area contributed by atoms with E-state index in [9.17, 15) is 9.59 Å². The first-order chi connectivity index (χ1) is 14.4. The Morgan fingerprint density at radius 1 is 1.30 bits per heavy atom. The Balaban J connectivity index is 1.87. The summed E-state index contributed by atoms with van der Waals surface area (Å²) in [7, 11) is 0. The second-order valence-electron chi connectivity index (χ2n) is 7.33. The third-order valence-corrected chi connectivity index (χ3v) is 6.31. The maximum absolute atomic E-state index is 13.4. The summed E-state index contributed by atoms with van der Waals surface area (Å²) < 4.78 is 7.79. The molecular formula is C21H22N4O3S2. The molecule has 1 amide bonds. The highest BCUT2D eigenvalue weighted by atomic mass is 32.2. The van der Waals surface area contributed by atoms with Gasteiger partial charge in [0.2, 0.25) is 0 Å². The highest BCUT2D eigenvalue weighted by Gasteiger charge is 2.33. The van der Waals surface area contributed by atoms with Crippen molar-refractivity contribution in [2.45, 2.75) is 26.1 Å². The van der Waals surface area contributed by atoms with Crippen LogP contribution in [0.4, 0.5) is 5.82 Å². The van der Waals surface area contributed by atoms with Crippen molar-refractivity contribution >= 4 is 51.7 Å². The average molecular weight is 443 g/mol. The second-order valence-corrected chi connectivity index (χ2v) is 9.00. The van der Waals surface area contributed by atoms with Crippen LogP contribution in [0.3, 0.4) is 0 Å². The first kappa shape index (κ1) is 20.8. The Labute approximate surface area is 184 Å². The summed E-state index contributed by atoms with van der Waals surface area (Å²) in [4.78, 5) is 34.9. The van der Waals surface area contributed by atoms with Crippen molar-refractivity contribution in [1.82, 2.24) is 14.3 Å². The van der Waals surface area contributed by atoms with Crippen LogP contribution in [-0.4, -0.2) is 56.4 Å². The van der Waals surface area contributed by atoms with E-state index < -0.39 is 0 Å². The van der Waals surface area contributed by atoms with Gasteiger partial charge in [-0.1, -0.05) is 36.1 Å². The molecular weight excluding hydrogens is 420 g/mol. The maximum atomic E-state index is 13.4. The fourth-order valence-electron chi connectivity index (χ4n) is 3.73. The quantitative estimate of drug-likeness (QED) is 0.410. The van der Waals surface area contributed by atoms with Crippen LogP contribution in [0.1, 0.15) is 19.4 Å². The third-order valence-electron chi connectivity index (χ3n) is 4.93. The number of hydrogen-bond acceptors (Lipinski definition) is 7. The lowest BCUT2D eigenvalue weighted by molar-refractivity contribution is -0.121. The number of pyridine rings is 1. The number of fused-ring (bicyclic) bond motifs is 1. The summed E-state index contributed by atoms with van der Waals surface area (Å²) in [6.45, 7) is 9.22. The molecule has 4 heterocycles. The van der Waals surface area contributed by atoms with Gasteiger partial charge in [0.1, 0.15) is 15.8 Å². The van der Waals surface area contributed by atoms with Gasteiger partial charge in [0.05, 0.1) is 22.7 Å². The van der Waals surface area contributed by atoms with Crippen LogP contribution in [0, 0.1) is 0 Å². The van der Waals surface area contributed by atoms with Crippen LogP contribution in [0.15, 0.2) is 46.8 Å². The van der Waals surface area contributed by atoms with E-state index in [2.05, 4.69) is 11.5 Å². The lowest BCUT2D eigenvalue weighted by Crippen LogP contribution is -2.46. The van der Waals surface area contributed by atoms with Gasteiger partial charge in [0.15, 0.2) is 0 Å². The molecule has 7 nitrogen and oxygen atoms in total. The summed E-state index contributed by atoms with van der Waals surface area (Å²) in [5, 5.41) is 0. The first-order valence-corrected chi connectivity index (χ1v) is 10.9. The molecule has 2 aliphatic heterocycles. The van der Waals surface area contributed by atoms with Crippen molar-refractivity contribution in [2.75, 3.05) is 24.5 Å². The van der Waals surface area contributed by atoms with Crippen LogP contribution >= 0.6 is 24.0 Å². The minimum atomic E-state index is -0.226. The van der Waals surface area contributed by atoms with Gasteiger partial charge < -0.3 is 9.64 Å². The highest BCUT2D eigenvalue weighted by Crippen LogP contribution is 2.33. The smallest absolute Gasteiger partial charge is 0.267 e. The van der Waals surface area contributed by atoms with Crippen molar-refractivity contribution in [3.63, 3.8) is 0 Å². The number of ether oxygens (including phenoxy) is 1. The van der Waals surface area contributed by atoms with Crippen molar-refractivity contribution in [3.8, 4) is 0 Å². The van der Waals surface area contributed by atoms with Crippen LogP contribution in [-0.2, 0) is 9.53 Å². The predicted molar refractivity (Wildman–Crippen MR) is 124 cm³/mol. The Hall–Kier alpha value is -2.49. The topological polar surface area (TPSA) is 67.2 Å². The van der Waals surface area contributed by atoms with Crippen molar-refractivity contribution < 1.29 is 9.53 Å². The molecule has 2 saturated heterocycles. The molecule has 0 bridgehead atoms. The molecule has 0 radical (unpaired) electrons. The third kappa shape index (κ3) is 3.80. The molecule has 2 atom stereocenters. The minimum Gasteiger partial charge on any atom is -0.372 e. The van der Waals surface area contributed by atoms with Gasteiger partial charge in [-0.05, 0) is 32.1 Å². The molecule has 2 fully saturated rings. The number of thiocarbonyl (C=S) groups is 1. The summed E-state index contributed by atoms with van der Waals surface area (Å²) in [5.74, 6) is 0.333. The molecule has 0 aromatic carbocycles. The van der Waals surface area contributed by atoms with Gasteiger partial charge in [0.25, 0.3) is 11.5 Å². The van der Waals surface area contributed by atoms with Gasteiger partial charge in [0, 0.05) is 25.8 Å². The largest absolute Gasteiger partial charge is 0.372 e. The molecule has 0 N–H and O–H groups in total. The van der Waals surface area contributed by atoms with Gasteiger partial charge in [-0.2, -0.15) is 0 Å². The number of nitrogens with zero attached hydrogens (tertiary/aromatic N) is 4. The van der Waals surface area contributed by atoms with Crippen molar-refractivity contribution in [3.05, 3.63) is 57.9 Å². The Morgan fingerprint density at radius 2 is 2.03 bits per heavy atom. The fraction of sp³-hybridized carbons (Fsp3) is 0.333. The summed E-state index contributed by atoms with van der Waals surface area (Å²) in [6.07, 6.45) is 4.94. The molecule has 156 valence electrons. The fourth-order valence-corrected chi connectivity index (χ4v) is 4.98. The van der Waals surface area contributed by atoms with Crippen LogP contribution in [0.25, 0.3) is 11.7 Å². The van der Waals surface area contributed by atoms with Gasteiger partial charge in [-0.15, -0.1) is 6.58 Å². The molecule has 0 saturated carbocycles. The number of thioether (sulfide) groups is 1. The zero-order chi connectivity index (χ0) is 21.4. The summed E-state index contributed by atoms with van der Waals surface area (Å²) in [5.41, 5.74) is 0.705. The van der Waals surface area contributed by atoms with Gasteiger partial charge >= 0.3 is 0 Å². The molecule has 2 aromatic rings. The molecule has 9 heteroatoms. The molecule has 0 aliphatic carbocycles. The monoisotopic (exact) mass is 442 g/mol. The standard InChI is InChI=1S/C21H22N4O3S2/c1-4-8-25-20(27)16(30-21(25)29)10-15-18(23-11-13(2)28-14(3)12-23)22-17-7-5-6-9-24(17)19(15)26/h4-7,9-10,13-14H,1,8,11-12H2,2-3H3/b16-10+. The van der Waals surface area contributed by atoms with Crippen LogP contribution in [0.2, 0.25) is 0 Å². The Morgan fingerprint density at radius 3 is 2.73 bits per heavy atom. The predicted octanol–water partition coefficient (Wildman–Crippen LogP) is 2.70. The number of carbonyl (C=O) groups is 1. The van der Waals surface area contributed by atoms with E-state index in [-0.39, 0.29) is 23.7 Å². The van der Waals surface area contributed by atoms with E-state index in [1.165, 1.54) is 21.1 Å². The number of hydrogen-bond donors (Lipinski definition) is 0. The second kappa shape index (κ2) is 8.33. The number of aromatic nitrogens is 2. The Kier molecular flexibility index (Phi) is 5.77. The number of morpholine rings is 1. The summed E-state index contributed by atoms with van der Waals surface area (Å²) >= 11 is 6.52. The number of anilines is 1. The number of amides is 1. The van der Waals surface area contributed by atoms with E-state index in [1.807, 2.05) is 19.9 Å². The van der Waals surface area contributed by atoms with Crippen molar-refractivity contribution in [1.29, 1.82) is 0 Å². The maximum Gasteiger partial charge on any atom is 0.267 e. The molecule has 0 spiro atoms. The zero-order valence-corrected chi connectivity index (χ0v) is 18.4. The SMILES string of the molecule is C=CCN1C(=O)/C(=C\c2c(N3CC(C)OC(C)C3)nc3ccccn3c2=O)SC1=S. The first-order valence-electron chi connectivity index (χ1n) is 9.67. The number of rotatable bonds is 4. The van der Waals surface area contributed by atoms with Crippen LogP contribution in [0.5, 0.6) is 0 Å². The van der Waals surface area contributed by atoms with Gasteiger partial charge in [-0.3, -0.25) is 18.9 Å². The average Bonchev–Trinajstić information content (AvgIpc) is 2.97. The normalized spacial score (nSPS) is 23.6. The zero-order valence-electron chi connectivity index (χ0n) is 16.8. The van der Waals surface area contributed by atoms with Gasteiger partial charge in [-0.25, -0.2) is 4.98 Å². The number of carbonyl (C=O) groups excluding carboxylic acids is 1.